The first kappa shape index (κ1) is 13.9. The van der Waals surface area contributed by atoms with Gasteiger partial charge < -0.3 is 10.0 Å². The van der Waals surface area contributed by atoms with E-state index in [9.17, 15) is 0 Å². The summed E-state index contributed by atoms with van der Waals surface area (Å²) in [5, 5.41) is 9.16. The highest BCUT2D eigenvalue weighted by atomic mass is 32.2. The van der Waals surface area contributed by atoms with Crippen molar-refractivity contribution in [2.24, 2.45) is 5.92 Å². The fraction of sp³-hybridized carbons (Fsp3) is 0.600. The lowest BCUT2D eigenvalue weighted by Gasteiger charge is -2.24. The first-order valence-corrected chi connectivity index (χ1v) is 7.81. The van der Waals surface area contributed by atoms with E-state index < -0.39 is 0 Å². The molecule has 100 valence electrons. The highest BCUT2D eigenvalue weighted by Crippen LogP contribution is 2.23. The predicted octanol–water partition coefficient (Wildman–Crippen LogP) is 2.87. The molecule has 0 bridgehead atoms. The van der Waals surface area contributed by atoms with Crippen LogP contribution in [0, 0.1) is 5.92 Å². The van der Waals surface area contributed by atoms with Gasteiger partial charge >= 0.3 is 0 Å². The van der Waals surface area contributed by atoms with Crippen molar-refractivity contribution in [1.29, 1.82) is 0 Å². The van der Waals surface area contributed by atoms with Crippen LogP contribution in [0.2, 0.25) is 0 Å². The molecular formula is C15H23NOS. The average molecular weight is 265 g/mol. The summed E-state index contributed by atoms with van der Waals surface area (Å²) in [7, 11) is 0. The van der Waals surface area contributed by atoms with Gasteiger partial charge in [-0.3, -0.25) is 0 Å². The molecule has 2 atom stereocenters. The lowest BCUT2D eigenvalue weighted by molar-refractivity contribution is 0.202. The summed E-state index contributed by atoms with van der Waals surface area (Å²) in [6.45, 7) is 4.89. The summed E-state index contributed by atoms with van der Waals surface area (Å²) in [5.74, 6) is 1.68. The van der Waals surface area contributed by atoms with Crippen LogP contribution in [0.1, 0.15) is 19.8 Å². The van der Waals surface area contributed by atoms with Crippen LogP contribution in [0.5, 0.6) is 0 Å². The Hall–Kier alpha value is -0.510. The third-order valence-corrected chi connectivity index (χ3v) is 4.79. The van der Waals surface area contributed by atoms with Crippen molar-refractivity contribution in [2.45, 2.75) is 30.7 Å². The number of hydrogen-bond donors (Lipinski definition) is 1. The summed E-state index contributed by atoms with van der Waals surface area (Å²) < 4.78 is 0. The molecular weight excluding hydrogens is 242 g/mol. The molecule has 2 rings (SSSR count). The van der Waals surface area contributed by atoms with Gasteiger partial charge in [0, 0.05) is 24.1 Å². The van der Waals surface area contributed by atoms with E-state index >= 15 is 0 Å². The molecule has 0 amide bonds. The molecule has 0 aromatic heterocycles. The Balaban J connectivity index is 1.68. The van der Waals surface area contributed by atoms with Gasteiger partial charge in [-0.15, -0.1) is 11.8 Å². The number of rotatable bonds is 6. The lowest BCUT2D eigenvalue weighted by atomic mass is 10.1. The lowest BCUT2D eigenvalue weighted by Crippen LogP contribution is -2.31. The van der Waals surface area contributed by atoms with Crippen LogP contribution in [0.4, 0.5) is 0 Å². The first-order valence-electron chi connectivity index (χ1n) is 6.82. The molecule has 1 heterocycles. The zero-order valence-corrected chi connectivity index (χ0v) is 11.9. The van der Waals surface area contributed by atoms with Crippen LogP contribution in [-0.4, -0.2) is 41.5 Å². The highest BCUT2D eigenvalue weighted by molar-refractivity contribution is 7.99. The van der Waals surface area contributed by atoms with Crippen LogP contribution in [0.3, 0.4) is 0 Å². The molecule has 1 aliphatic rings. The van der Waals surface area contributed by atoms with E-state index in [1.165, 1.54) is 17.1 Å². The van der Waals surface area contributed by atoms with Gasteiger partial charge in [-0.2, -0.15) is 0 Å². The third kappa shape index (κ3) is 4.01. The van der Waals surface area contributed by atoms with Crippen LogP contribution in [0.25, 0.3) is 0 Å². The minimum atomic E-state index is 0.349. The Bertz CT molecular complexity index is 344. The fourth-order valence-electron chi connectivity index (χ4n) is 2.46. The van der Waals surface area contributed by atoms with Crippen molar-refractivity contribution < 1.29 is 5.11 Å². The number of thioether (sulfide) groups is 1. The molecule has 2 unspecified atom stereocenters. The topological polar surface area (TPSA) is 23.5 Å². The maximum absolute atomic E-state index is 9.16. The Kier molecular flexibility index (Phi) is 5.54. The van der Waals surface area contributed by atoms with Gasteiger partial charge in [-0.25, -0.2) is 0 Å². The second-order valence-electron chi connectivity index (χ2n) is 5.13. The van der Waals surface area contributed by atoms with Crippen molar-refractivity contribution >= 4 is 11.8 Å². The van der Waals surface area contributed by atoms with Crippen molar-refractivity contribution in [1.82, 2.24) is 4.90 Å². The van der Waals surface area contributed by atoms with E-state index in [-0.39, 0.29) is 0 Å². The van der Waals surface area contributed by atoms with Crippen molar-refractivity contribution in [3.8, 4) is 0 Å². The monoisotopic (exact) mass is 265 g/mol. The second-order valence-corrected chi connectivity index (χ2v) is 6.30. The number of nitrogens with zero attached hydrogens (tertiary/aromatic N) is 1. The molecule has 1 saturated heterocycles. The van der Waals surface area contributed by atoms with Gasteiger partial charge in [0.25, 0.3) is 0 Å². The van der Waals surface area contributed by atoms with Crippen LogP contribution in [-0.2, 0) is 0 Å². The maximum Gasteiger partial charge on any atom is 0.0471 e. The molecule has 1 N–H and O–H groups in total. The van der Waals surface area contributed by atoms with E-state index in [2.05, 4.69) is 42.2 Å². The van der Waals surface area contributed by atoms with Crippen LogP contribution >= 0.6 is 11.8 Å². The summed E-state index contributed by atoms with van der Waals surface area (Å²) in [6, 6.07) is 11.2. The number of aliphatic hydroxyl groups excluding tert-OH is 1. The molecule has 3 heteroatoms. The quantitative estimate of drug-likeness (QED) is 0.800. The Labute approximate surface area is 114 Å². The molecule has 0 saturated carbocycles. The minimum absolute atomic E-state index is 0.349. The van der Waals surface area contributed by atoms with Gasteiger partial charge in [0.05, 0.1) is 0 Å². The largest absolute Gasteiger partial charge is 0.396 e. The van der Waals surface area contributed by atoms with Gasteiger partial charge in [0.1, 0.15) is 0 Å². The van der Waals surface area contributed by atoms with Gasteiger partial charge in [0.2, 0.25) is 0 Å². The van der Waals surface area contributed by atoms with E-state index in [0.29, 0.717) is 18.6 Å². The predicted molar refractivity (Wildman–Crippen MR) is 78.0 cm³/mol. The van der Waals surface area contributed by atoms with Crippen molar-refractivity contribution in [3.05, 3.63) is 30.3 Å². The van der Waals surface area contributed by atoms with E-state index in [0.717, 1.165) is 19.5 Å². The fourth-order valence-corrected chi connectivity index (χ4v) is 3.50. The molecule has 2 nitrogen and oxygen atoms in total. The SMILES string of the molecule is CC(CCSc1ccccc1)N1CCC(CO)C1. The minimum Gasteiger partial charge on any atom is -0.396 e. The first-order chi connectivity index (χ1) is 8.79. The van der Waals surface area contributed by atoms with Gasteiger partial charge in [-0.05, 0) is 50.1 Å². The summed E-state index contributed by atoms with van der Waals surface area (Å²) >= 11 is 1.94. The smallest absolute Gasteiger partial charge is 0.0471 e. The zero-order valence-electron chi connectivity index (χ0n) is 11.1. The Morgan fingerprint density at radius 1 is 1.39 bits per heavy atom. The molecule has 0 spiro atoms. The average Bonchev–Trinajstić information content (AvgIpc) is 2.89. The van der Waals surface area contributed by atoms with Crippen molar-refractivity contribution in [3.63, 3.8) is 0 Å². The standard InChI is InChI=1S/C15H23NOS/c1-13(16-9-7-14(11-16)12-17)8-10-18-15-5-3-2-4-6-15/h2-6,13-14,17H,7-12H2,1H3. The van der Waals surface area contributed by atoms with E-state index in [1.54, 1.807) is 0 Å². The van der Waals surface area contributed by atoms with Crippen LogP contribution < -0.4 is 0 Å². The highest BCUT2D eigenvalue weighted by Gasteiger charge is 2.24. The Morgan fingerprint density at radius 3 is 2.83 bits per heavy atom. The number of benzene rings is 1. The molecule has 1 fully saturated rings. The summed E-state index contributed by atoms with van der Waals surface area (Å²) in [4.78, 5) is 3.88. The number of aliphatic hydroxyl groups is 1. The molecule has 18 heavy (non-hydrogen) atoms. The number of likely N-dealkylation sites (tertiary alicyclic amines) is 1. The normalized spacial score (nSPS) is 22.2. The van der Waals surface area contributed by atoms with E-state index in [4.69, 9.17) is 5.11 Å². The molecule has 1 aromatic carbocycles. The Morgan fingerprint density at radius 2 is 2.17 bits per heavy atom. The van der Waals surface area contributed by atoms with Gasteiger partial charge in [-0.1, -0.05) is 18.2 Å². The molecule has 0 aliphatic carbocycles. The second kappa shape index (κ2) is 7.17. The van der Waals surface area contributed by atoms with Crippen LogP contribution in [0.15, 0.2) is 35.2 Å². The summed E-state index contributed by atoms with van der Waals surface area (Å²) in [6.07, 6.45) is 2.38. The molecule has 1 aliphatic heterocycles. The van der Waals surface area contributed by atoms with Gasteiger partial charge in [0.15, 0.2) is 0 Å². The van der Waals surface area contributed by atoms with Crippen molar-refractivity contribution in [2.75, 3.05) is 25.4 Å². The number of hydrogen-bond acceptors (Lipinski definition) is 3. The zero-order chi connectivity index (χ0) is 12.8. The summed E-state index contributed by atoms with van der Waals surface area (Å²) in [5.41, 5.74) is 0. The molecule has 1 aromatic rings. The van der Waals surface area contributed by atoms with E-state index in [1.807, 2.05) is 11.8 Å². The maximum atomic E-state index is 9.16. The third-order valence-electron chi connectivity index (χ3n) is 3.75. The molecule has 0 radical (unpaired) electrons.